The number of aromatic nitrogens is 2. The van der Waals surface area contributed by atoms with Crippen LogP contribution < -0.4 is 4.74 Å². The first-order valence-electron chi connectivity index (χ1n) is 15.1. The first-order chi connectivity index (χ1) is 18.2. The van der Waals surface area contributed by atoms with E-state index in [-0.39, 0.29) is 12.4 Å². The number of nitrogens with zero attached hydrogens (tertiary/aromatic N) is 2. The van der Waals surface area contributed by atoms with Gasteiger partial charge in [-0.3, -0.25) is 0 Å². The highest BCUT2D eigenvalue weighted by molar-refractivity contribution is 5.55. The first-order valence-corrected chi connectivity index (χ1v) is 15.1. The van der Waals surface area contributed by atoms with Crippen molar-refractivity contribution >= 4 is 0 Å². The van der Waals surface area contributed by atoms with Crippen LogP contribution >= 0.6 is 0 Å². The highest BCUT2D eigenvalue weighted by Gasteiger charge is 2.16. The van der Waals surface area contributed by atoms with E-state index >= 15 is 0 Å². The maximum Gasteiger partial charge on any atom is 0.159 e. The molecule has 1 saturated heterocycles. The molecule has 0 saturated carbocycles. The molecule has 0 aliphatic carbocycles. The largest absolute Gasteiger partial charge is 0.494 e. The Bertz CT molecular complexity index is 819. The van der Waals surface area contributed by atoms with Crippen molar-refractivity contribution in [2.24, 2.45) is 0 Å². The van der Waals surface area contributed by atoms with E-state index in [4.69, 9.17) is 14.2 Å². The average molecular weight is 511 g/mol. The summed E-state index contributed by atoms with van der Waals surface area (Å²) in [5.74, 6) is 1.70. The summed E-state index contributed by atoms with van der Waals surface area (Å²) in [4.78, 5) is 9.21. The lowest BCUT2D eigenvalue weighted by molar-refractivity contribution is -0.185. The van der Waals surface area contributed by atoms with Crippen LogP contribution in [0.15, 0.2) is 36.7 Å². The molecule has 2 heterocycles. The Hall–Kier alpha value is -1.98. The van der Waals surface area contributed by atoms with Gasteiger partial charge < -0.3 is 14.2 Å². The Morgan fingerprint density at radius 3 is 2.27 bits per heavy atom. The van der Waals surface area contributed by atoms with Crippen LogP contribution in [0.4, 0.5) is 0 Å². The van der Waals surface area contributed by atoms with Crippen LogP contribution in [0.2, 0.25) is 0 Å². The predicted molar refractivity (Wildman–Crippen MR) is 152 cm³/mol. The lowest BCUT2D eigenvalue weighted by Gasteiger charge is -2.26. The zero-order valence-electron chi connectivity index (χ0n) is 23.5. The summed E-state index contributed by atoms with van der Waals surface area (Å²) in [6, 6.07) is 8.17. The van der Waals surface area contributed by atoms with Crippen molar-refractivity contribution in [1.82, 2.24) is 9.97 Å². The smallest absolute Gasteiger partial charge is 0.159 e. The third-order valence-corrected chi connectivity index (χ3v) is 7.18. The third-order valence-electron chi connectivity index (χ3n) is 7.18. The molecular weight excluding hydrogens is 460 g/mol. The molecule has 0 spiro atoms. The molecule has 2 unspecified atom stereocenters. The molecule has 2 aromatic rings. The molecule has 2 atom stereocenters. The van der Waals surface area contributed by atoms with Crippen LogP contribution in [0.25, 0.3) is 11.4 Å². The normalized spacial score (nSPS) is 16.5. The van der Waals surface area contributed by atoms with E-state index in [1.807, 2.05) is 24.5 Å². The van der Waals surface area contributed by atoms with Gasteiger partial charge in [-0.15, -0.1) is 0 Å². The molecule has 0 bridgehead atoms. The summed E-state index contributed by atoms with van der Waals surface area (Å²) in [6.45, 7) is 6.07. The first kappa shape index (κ1) is 29.6. The second kappa shape index (κ2) is 18.3. The number of ether oxygens (including phenoxy) is 3. The van der Waals surface area contributed by atoms with Gasteiger partial charge >= 0.3 is 0 Å². The molecule has 3 rings (SSSR count). The Labute approximate surface area is 225 Å². The van der Waals surface area contributed by atoms with E-state index < -0.39 is 0 Å². The zero-order chi connectivity index (χ0) is 26.0. The summed E-state index contributed by atoms with van der Waals surface area (Å²) in [5.41, 5.74) is 2.23. The molecule has 1 fully saturated rings. The fourth-order valence-electron chi connectivity index (χ4n) is 4.84. The molecule has 1 aromatic carbocycles. The van der Waals surface area contributed by atoms with Crippen molar-refractivity contribution in [3.8, 4) is 17.1 Å². The molecule has 206 valence electrons. The van der Waals surface area contributed by atoms with Crippen LogP contribution in [-0.4, -0.2) is 35.6 Å². The quantitative estimate of drug-likeness (QED) is 0.177. The van der Waals surface area contributed by atoms with E-state index in [1.165, 1.54) is 76.2 Å². The molecule has 0 amide bonds. The zero-order valence-corrected chi connectivity index (χ0v) is 23.5. The number of benzene rings is 1. The topological polar surface area (TPSA) is 53.5 Å². The predicted octanol–water partition coefficient (Wildman–Crippen LogP) is 8.70. The molecule has 5 nitrogen and oxygen atoms in total. The summed E-state index contributed by atoms with van der Waals surface area (Å²) >= 11 is 0. The average Bonchev–Trinajstić information content (AvgIpc) is 2.93. The summed E-state index contributed by atoms with van der Waals surface area (Å²) in [6.07, 6.45) is 23.8. The second-order valence-corrected chi connectivity index (χ2v) is 10.6. The molecule has 1 aromatic heterocycles. The molecular formula is C32H50N2O3. The van der Waals surface area contributed by atoms with E-state index in [0.29, 0.717) is 0 Å². The van der Waals surface area contributed by atoms with Gasteiger partial charge in [0.05, 0.1) is 12.7 Å². The van der Waals surface area contributed by atoms with Crippen LogP contribution in [0.5, 0.6) is 5.75 Å². The van der Waals surface area contributed by atoms with Gasteiger partial charge in [-0.2, -0.15) is 0 Å². The van der Waals surface area contributed by atoms with Crippen molar-refractivity contribution in [3.05, 3.63) is 42.2 Å². The van der Waals surface area contributed by atoms with Crippen molar-refractivity contribution in [2.75, 3.05) is 13.2 Å². The van der Waals surface area contributed by atoms with Gasteiger partial charge in [0, 0.05) is 24.6 Å². The number of hydrogen-bond donors (Lipinski definition) is 0. The minimum Gasteiger partial charge on any atom is -0.494 e. The fourth-order valence-corrected chi connectivity index (χ4v) is 4.84. The molecule has 1 aliphatic rings. The van der Waals surface area contributed by atoms with Crippen molar-refractivity contribution < 1.29 is 14.2 Å². The summed E-state index contributed by atoms with van der Waals surface area (Å²) in [7, 11) is 0. The van der Waals surface area contributed by atoms with Crippen molar-refractivity contribution in [3.63, 3.8) is 0 Å². The third kappa shape index (κ3) is 12.4. The molecule has 1 aliphatic heterocycles. The molecule has 0 N–H and O–H groups in total. The fraction of sp³-hybridized carbons (Fsp3) is 0.688. The highest BCUT2D eigenvalue weighted by atomic mass is 16.7. The number of unbranched alkanes of at least 4 members (excludes halogenated alkanes) is 9. The van der Waals surface area contributed by atoms with Gasteiger partial charge in [-0.05, 0) is 81.7 Å². The van der Waals surface area contributed by atoms with Gasteiger partial charge in [0.25, 0.3) is 0 Å². The lowest BCUT2D eigenvalue weighted by atomic mass is 10.1. The monoisotopic (exact) mass is 510 g/mol. The Morgan fingerprint density at radius 1 is 0.865 bits per heavy atom. The van der Waals surface area contributed by atoms with Gasteiger partial charge in [0.2, 0.25) is 0 Å². The van der Waals surface area contributed by atoms with Gasteiger partial charge in [0.15, 0.2) is 12.1 Å². The Kier molecular flexibility index (Phi) is 14.6. The standard InChI is InChI=1S/C32H50N2O3/c1-3-4-5-6-7-8-9-14-23-35-30-21-19-29(20-22-30)32-33-25-28(26-34-32)17-12-10-11-16-27(2)37-31-18-13-15-24-36-31/h19-22,25-27,31H,3-18,23-24H2,1-2H3. The van der Waals surface area contributed by atoms with Crippen LogP contribution in [-0.2, 0) is 15.9 Å². The van der Waals surface area contributed by atoms with Crippen molar-refractivity contribution in [1.29, 1.82) is 0 Å². The van der Waals surface area contributed by atoms with Crippen LogP contribution in [0.3, 0.4) is 0 Å². The van der Waals surface area contributed by atoms with Crippen molar-refractivity contribution in [2.45, 2.75) is 129 Å². The number of hydrogen-bond acceptors (Lipinski definition) is 5. The maximum atomic E-state index is 6.02. The van der Waals surface area contributed by atoms with Gasteiger partial charge in [-0.25, -0.2) is 9.97 Å². The van der Waals surface area contributed by atoms with Gasteiger partial charge in [-0.1, -0.05) is 64.7 Å². The SMILES string of the molecule is CCCCCCCCCCOc1ccc(-c2ncc(CCCCCC(C)OC3CCCCO3)cn2)cc1. The summed E-state index contributed by atoms with van der Waals surface area (Å²) in [5, 5.41) is 0. The lowest BCUT2D eigenvalue weighted by Crippen LogP contribution is -2.26. The number of aryl methyl sites for hydroxylation is 1. The van der Waals surface area contributed by atoms with E-state index in [2.05, 4.69) is 35.9 Å². The molecule has 37 heavy (non-hydrogen) atoms. The Balaban J connectivity index is 1.25. The van der Waals surface area contributed by atoms with Crippen LogP contribution in [0.1, 0.15) is 116 Å². The van der Waals surface area contributed by atoms with E-state index in [0.717, 1.165) is 62.5 Å². The van der Waals surface area contributed by atoms with E-state index in [9.17, 15) is 0 Å². The highest BCUT2D eigenvalue weighted by Crippen LogP contribution is 2.21. The Morgan fingerprint density at radius 2 is 1.57 bits per heavy atom. The molecule has 5 heteroatoms. The molecule has 0 radical (unpaired) electrons. The van der Waals surface area contributed by atoms with Gasteiger partial charge in [0.1, 0.15) is 5.75 Å². The maximum absolute atomic E-state index is 6.02. The second-order valence-electron chi connectivity index (χ2n) is 10.6. The summed E-state index contributed by atoms with van der Waals surface area (Å²) < 4.78 is 17.6. The minimum atomic E-state index is 0.0165. The van der Waals surface area contributed by atoms with Crippen LogP contribution in [0, 0.1) is 0 Å². The minimum absolute atomic E-state index is 0.0165. The van der Waals surface area contributed by atoms with E-state index in [1.54, 1.807) is 0 Å². The number of rotatable bonds is 19.